The average Bonchev–Trinajstić information content (AvgIpc) is 2.48. The molecule has 0 radical (unpaired) electrons. The maximum atomic E-state index is 6.31. The zero-order chi connectivity index (χ0) is 14.8. The molecule has 2 aromatic rings. The molecule has 3 nitrogen and oxygen atoms in total. The van der Waals surface area contributed by atoms with Gasteiger partial charge in [0, 0.05) is 29.6 Å². The number of hydrogen-bond acceptors (Lipinski definition) is 3. The van der Waals surface area contributed by atoms with E-state index in [0.717, 1.165) is 53.7 Å². The van der Waals surface area contributed by atoms with Gasteiger partial charge in [0.15, 0.2) is 0 Å². The lowest BCUT2D eigenvalue weighted by atomic mass is 10.1. The van der Waals surface area contributed by atoms with Gasteiger partial charge in [-0.05, 0) is 44.0 Å². The number of fused-ring (bicyclic) bond motifs is 1. The van der Waals surface area contributed by atoms with Crippen LogP contribution in [0.15, 0.2) is 28.7 Å². The van der Waals surface area contributed by atoms with Crippen LogP contribution in [-0.2, 0) is 4.74 Å². The summed E-state index contributed by atoms with van der Waals surface area (Å²) >= 11 is 9.77. The lowest BCUT2D eigenvalue weighted by Crippen LogP contribution is -2.37. The second kappa shape index (κ2) is 6.51. The highest BCUT2D eigenvalue weighted by atomic mass is 79.9. The molecule has 0 saturated carbocycles. The topological polar surface area (TPSA) is 25.4 Å². The molecule has 3 rings (SSSR count). The van der Waals surface area contributed by atoms with Gasteiger partial charge in [-0.2, -0.15) is 0 Å². The Balaban J connectivity index is 1.82. The third kappa shape index (κ3) is 3.33. The Hall–Kier alpha value is -0.840. The monoisotopic (exact) mass is 368 g/mol. The second-order valence-electron chi connectivity index (χ2n) is 5.27. The van der Waals surface area contributed by atoms with Crippen LogP contribution in [0.3, 0.4) is 0 Å². The third-order valence-corrected chi connectivity index (χ3v) is 4.61. The van der Waals surface area contributed by atoms with Gasteiger partial charge in [-0.15, -0.1) is 0 Å². The van der Waals surface area contributed by atoms with Crippen molar-refractivity contribution in [2.75, 3.05) is 24.6 Å². The molecule has 0 unspecified atom stereocenters. The van der Waals surface area contributed by atoms with Gasteiger partial charge in [-0.25, -0.2) is 4.98 Å². The molecule has 0 bridgehead atoms. The van der Waals surface area contributed by atoms with Crippen molar-refractivity contribution < 1.29 is 4.74 Å². The van der Waals surface area contributed by atoms with Gasteiger partial charge in [0.1, 0.15) is 5.82 Å². The van der Waals surface area contributed by atoms with Gasteiger partial charge in [-0.3, -0.25) is 0 Å². The number of anilines is 1. The van der Waals surface area contributed by atoms with Crippen LogP contribution in [-0.4, -0.2) is 30.8 Å². The predicted octanol–water partition coefficient (Wildman–Crippen LogP) is 4.66. The van der Waals surface area contributed by atoms with E-state index < -0.39 is 0 Å². The maximum Gasteiger partial charge on any atom is 0.129 e. The molecule has 21 heavy (non-hydrogen) atoms. The first-order valence-corrected chi connectivity index (χ1v) is 8.47. The highest BCUT2D eigenvalue weighted by molar-refractivity contribution is 9.10. The highest BCUT2D eigenvalue weighted by Gasteiger charge is 2.20. The van der Waals surface area contributed by atoms with Crippen molar-refractivity contribution >= 4 is 44.3 Å². The Labute approximate surface area is 138 Å². The van der Waals surface area contributed by atoms with Crippen LogP contribution in [0.5, 0.6) is 0 Å². The lowest BCUT2D eigenvalue weighted by Gasteiger charge is -2.32. The summed E-state index contributed by atoms with van der Waals surface area (Å²) in [6, 6.07) is 8.09. The van der Waals surface area contributed by atoms with E-state index >= 15 is 0 Å². The summed E-state index contributed by atoms with van der Waals surface area (Å²) in [6.07, 6.45) is 2.51. The fourth-order valence-electron chi connectivity index (χ4n) is 2.81. The molecule has 0 aliphatic carbocycles. The Morgan fingerprint density at radius 3 is 2.81 bits per heavy atom. The number of halogens is 2. The first-order chi connectivity index (χ1) is 10.2. The Morgan fingerprint density at radius 1 is 1.33 bits per heavy atom. The normalized spacial score (nSPS) is 16.6. The van der Waals surface area contributed by atoms with Crippen LogP contribution in [0, 0.1) is 0 Å². The van der Waals surface area contributed by atoms with E-state index in [1.54, 1.807) is 0 Å². The second-order valence-corrected chi connectivity index (χ2v) is 6.59. The molecule has 1 aromatic carbocycles. The molecular weight excluding hydrogens is 352 g/mol. The minimum Gasteiger partial charge on any atom is -0.378 e. The molecule has 1 aliphatic rings. The number of nitrogens with zero attached hydrogens (tertiary/aromatic N) is 2. The number of pyridine rings is 1. The van der Waals surface area contributed by atoms with Gasteiger partial charge in [0.05, 0.1) is 16.6 Å². The van der Waals surface area contributed by atoms with Crippen LogP contribution >= 0.6 is 27.5 Å². The van der Waals surface area contributed by atoms with Crippen LogP contribution < -0.4 is 4.90 Å². The number of benzene rings is 1. The van der Waals surface area contributed by atoms with Crippen LogP contribution in [0.1, 0.15) is 19.8 Å². The average molecular weight is 370 g/mol. The molecule has 0 N–H and O–H groups in total. The van der Waals surface area contributed by atoms with Crippen molar-refractivity contribution in [1.29, 1.82) is 0 Å². The molecule has 2 heterocycles. The van der Waals surface area contributed by atoms with E-state index in [1.807, 2.05) is 12.1 Å². The van der Waals surface area contributed by atoms with Crippen molar-refractivity contribution in [2.45, 2.75) is 25.9 Å². The fraction of sp³-hybridized carbons (Fsp3) is 0.438. The molecule has 5 heteroatoms. The molecule has 112 valence electrons. The van der Waals surface area contributed by atoms with Crippen molar-refractivity contribution in [2.24, 2.45) is 0 Å². The third-order valence-electron chi connectivity index (χ3n) is 3.86. The first-order valence-electron chi connectivity index (χ1n) is 7.29. The first kappa shape index (κ1) is 15.1. The van der Waals surface area contributed by atoms with Crippen molar-refractivity contribution in [3.63, 3.8) is 0 Å². The number of rotatable bonds is 3. The molecule has 0 atom stereocenters. The SMILES string of the molecule is CCOC1CCN(c2ccc3cc(Br)cc(Cl)c3n2)CC1. The predicted molar refractivity (Wildman–Crippen MR) is 91.3 cm³/mol. The summed E-state index contributed by atoms with van der Waals surface area (Å²) < 4.78 is 6.67. The largest absolute Gasteiger partial charge is 0.378 e. The fourth-order valence-corrected chi connectivity index (χ4v) is 3.69. The van der Waals surface area contributed by atoms with Gasteiger partial charge in [0.25, 0.3) is 0 Å². The standard InChI is InChI=1S/C16H18BrClN2O/c1-2-21-13-5-7-20(8-6-13)15-4-3-11-9-12(17)10-14(18)16(11)19-15/h3-4,9-10,13H,2,5-8H2,1H3. The Morgan fingerprint density at radius 2 is 2.10 bits per heavy atom. The quantitative estimate of drug-likeness (QED) is 0.787. The van der Waals surface area contributed by atoms with Crippen molar-refractivity contribution in [1.82, 2.24) is 4.98 Å². The van der Waals surface area contributed by atoms with Crippen molar-refractivity contribution in [3.8, 4) is 0 Å². The zero-order valence-corrected chi connectivity index (χ0v) is 14.3. The summed E-state index contributed by atoms with van der Waals surface area (Å²) in [7, 11) is 0. The van der Waals surface area contributed by atoms with Crippen LogP contribution in [0.25, 0.3) is 10.9 Å². The Bertz CT molecular complexity index is 641. The summed E-state index contributed by atoms with van der Waals surface area (Å²) in [6.45, 7) is 4.81. The summed E-state index contributed by atoms with van der Waals surface area (Å²) in [5.74, 6) is 1.00. The molecule has 1 aliphatic heterocycles. The zero-order valence-electron chi connectivity index (χ0n) is 12.0. The van der Waals surface area contributed by atoms with E-state index in [9.17, 15) is 0 Å². The summed E-state index contributed by atoms with van der Waals surface area (Å²) in [4.78, 5) is 7.06. The number of piperidine rings is 1. The Kier molecular flexibility index (Phi) is 4.67. The van der Waals surface area contributed by atoms with Crippen molar-refractivity contribution in [3.05, 3.63) is 33.8 Å². The van der Waals surface area contributed by atoms with Crippen LogP contribution in [0.2, 0.25) is 5.02 Å². The minimum absolute atomic E-state index is 0.395. The van der Waals surface area contributed by atoms with E-state index in [2.05, 4.69) is 39.9 Å². The maximum absolute atomic E-state index is 6.31. The lowest BCUT2D eigenvalue weighted by molar-refractivity contribution is 0.0458. The summed E-state index contributed by atoms with van der Waals surface area (Å²) in [5, 5.41) is 1.74. The molecule has 0 spiro atoms. The smallest absolute Gasteiger partial charge is 0.129 e. The van der Waals surface area contributed by atoms with E-state index in [0.29, 0.717) is 11.1 Å². The van der Waals surface area contributed by atoms with E-state index in [1.165, 1.54) is 0 Å². The molecule has 0 amide bonds. The number of hydrogen-bond donors (Lipinski definition) is 0. The van der Waals surface area contributed by atoms with Gasteiger partial charge < -0.3 is 9.64 Å². The van der Waals surface area contributed by atoms with Crippen LogP contribution in [0.4, 0.5) is 5.82 Å². The van der Waals surface area contributed by atoms with Gasteiger partial charge in [0.2, 0.25) is 0 Å². The van der Waals surface area contributed by atoms with Gasteiger partial charge in [-0.1, -0.05) is 27.5 Å². The number of aromatic nitrogens is 1. The minimum atomic E-state index is 0.395. The van der Waals surface area contributed by atoms with E-state index in [-0.39, 0.29) is 0 Å². The molecular formula is C16H18BrClN2O. The van der Waals surface area contributed by atoms with Gasteiger partial charge >= 0.3 is 0 Å². The molecule has 1 aromatic heterocycles. The number of ether oxygens (including phenoxy) is 1. The molecule has 1 fully saturated rings. The highest BCUT2D eigenvalue weighted by Crippen LogP contribution is 2.29. The molecule has 1 saturated heterocycles. The van der Waals surface area contributed by atoms with E-state index in [4.69, 9.17) is 21.3 Å². The summed E-state index contributed by atoms with van der Waals surface area (Å²) in [5.41, 5.74) is 0.865.